The summed E-state index contributed by atoms with van der Waals surface area (Å²) >= 11 is 5.07. The summed E-state index contributed by atoms with van der Waals surface area (Å²) < 4.78 is 0.982. The molecule has 2 heterocycles. The molecule has 2 aromatic rings. The number of pyridine rings is 1. The van der Waals surface area contributed by atoms with Gasteiger partial charge in [-0.05, 0) is 41.9 Å². The zero-order chi connectivity index (χ0) is 11.5. The predicted molar refractivity (Wildman–Crippen MR) is 70.8 cm³/mol. The number of anilines is 1. The van der Waals surface area contributed by atoms with Crippen molar-refractivity contribution < 1.29 is 0 Å². The fourth-order valence-corrected chi connectivity index (χ4v) is 2.33. The van der Waals surface area contributed by atoms with E-state index < -0.39 is 0 Å². The van der Waals surface area contributed by atoms with Gasteiger partial charge in [-0.2, -0.15) is 0 Å². The quantitative estimate of drug-likeness (QED) is 0.937. The lowest BCUT2D eigenvalue weighted by atomic mass is 10.3. The number of rotatable bonds is 3. The van der Waals surface area contributed by atoms with Crippen LogP contribution in [0.3, 0.4) is 0 Å². The molecule has 1 unspecified atom stereocenters. The van der Waals surface area contributed by atoms with Crippen molar-refractivity contribution >= 4 is 33.1 Å². The third-order valence-corrected chi connectivity index (χ3v) is 3.67. The minimum absolute atomic E-state index is 0.187. The van der Waals surface area contributed by atoms with Gasteiger partial charge in [0, 0.05) is 21.7 Å². The molecule has 3 nitrogen and oxygen atoms in total. The predicted octanol–water partition coefficient (Wildman–Crippen LogP) is 3.78. The Morgan fingerprint density at radius 1 is 1.31 bits per heavy atom. The smallest absolute Gasteiger partial charge is 0.126 e. The van der Waals surface area contributed by atoms with Gasteiger partial charge in [0.2, 0.25) is 0 Å². The molecule has 5 heteroatoms. The third kappa shape index (κ3) is 2.80. The van der Waals surface area contributed by atoms with Gasteiger partial charge in [-0.1, -0.05) is 0 Å². The SMILES string of the molecule is Cc1cnc(C(C)Nc2ccc(Br)cn2)s1. The standard InChI is InChI=1S/C11H12BrN3S/c1-7-5-14-11(16-7)8(2)15-10-4-3-9(12)6-13-10/h3-6,8H,1-2H3,(H,13,15). The van der Waals surface area contributed by atoms with Gasteiger partial charge in [-0.25, -0.2) is 9.97 Å². The topological polar surface area (TPSA) is 37.8 Å². The van der Waals surface area contributed by atoms with E-state index >= 15 is 0 Å². The monoisotopic (exact) mass is 297 g/mol. The summed E-state index contributed by atoms with van der Waals surface area (Å²) in [5.74, 6) is 0.864. The average Bonchev–Trinajstić information content (AvgIpc) is 2.68. The van der Waals surface area contributed by atoms with Crippen LogP contribution in [0.2, 0.25) is 0 Å². The largest absolute Gasteiger partial charge is 0.361 e. The van der Waals surface area contributed by atoms with Crippen molar-refractivity contribution in [2.24, 2.45) is 0 Å². The van der Waals surface area contributed by atoms with Crippen molar-refractivity contribution in [1.82, 2.24) is 9.97 Å². The molecule has 84 valence electrons. The highest BCUT2D eigenvalue weighted by atomic mass is 79.9. The minimum atomic E-state index is 0.187. The van der Waals surface area contributed by atoms with Gasteiger partial charge in [-0.3, -0.25) is 0 Å². The molecule has 0 aliphatic rings. The van der Waals surface area contributed by atoms with Crippen molar-refractivity contribution in [1.29, 1.82) is 0 Å². The molecule has 0 aliphatic heterocycles. The van der Waals surface area contributed by atoms with Gasteiger partial charge in [0.25, 0.3) is 0 Å². The van der Waals surface area contributed by atoms with E-state index in [0.717, 1.165) is 15.3 Å². The molecule has 0 amide bonds. The number of nitrogens with zero attached hydrogens (tertiary/aromatic N) is 2. The van der Waals surface area contributed by atoms with Crippen LogP contribution in [0.4, 0.5) is 5.82 Å². The Balaban J connectivity index is 2.07. The molecule has 1 N–H and O–H groups in total. The minimum Gasteiger partial charge on any atom is -0.361 e. The van der Waals surface area contributed by atoms with Crippen molar-refractivity contribution in [3.8, 4) is 0 Å². The molecule has 0 saturated heterocycles. The second-order valence-corrected chi connectivity index (χ2v) is 5.72. The molecule has 2 rings (SSSR count). The highest BCUT2D eigenvalue weighted by Gasteiger charge is 2.09. The summed E-state index contributed by atoms with van der Waals surface area (Å²) in [4.78, 5) is 9.85. The molecule has 0 spiro atoms. The maximum atomic E-state index is 4.35. The van der Waals surface area contributed by atoms with Crippen LogP contribution < -0.4 is 5.32 Å². The summed E-state index contributed by atoms with van der Waals surface area (Å²) in [5.41, 5.74) is 0. The van der Waals surface area contributed by atoms with Crippen LogP contribution >= 0.6 is 27.3 Å². The third-order valence-electron chi connectivity index (χ3n) is 2.10. The molecule has 2 aromatic heterocycles. The van der Waals surface area contributed by atoms with Gasteiger partial charge < -0.3 is 5.32 Å². The number of hydrogen-bond acceptors (Lipinski definition) is 4. The second-order valence-electron chi connectivity index (χ2n) is 3.54. The number of hydrogen-bond donors (Lipinski definition) is 1. The van der Waals surface area contributed by atoms with Crippen LogP contribution in [0.5, 0.6) is 0 Å². The molecule has 0 aliphatic carbocycles. The van der Waals surface area contributed by atoms with Crippen LogP contribution in [0.1, 0.15) is 22.9 Å². The number of aromatic nitrogens is 2. The molecule has 0 bridgehead atoms. The Morgan fingerprint density at radius 2 is 2.12 bits per heavy atom. The Hall–Kier alpha value is -0.940. The van der Waals surface area contributed by atoms with E-state index in [9.17, 15) is 0 Å². The Morgan fingerprint density at radius 3 is 2.69 bits per heavy atom. The summed E-state index contributed by atoms with van der Waals surface area (Å²) in [7, 11) is 0. The van der Waals surface area contributed by atoms with Crippen LogP contribution in [0.15, 0.2) is 29.0 Å². The summed E-state index contributed by atoms with van der Waals surface area (Å²) in [6, 6.07) is 4.10. The Kier molecular flexibility index (Phi) is 3.56. The van der Waals surface area contributed by atoms with Gasteiger partial charge in [0.1, 0.15) is 10.8 Å². The van der Waals surface area contributed by atoms with Gasteiger partial charge in [0.15, 0.2) is 0 Å². The van der Waals surface area contributed by atoms with Gasteiger partial charge in [-0.15, -0.1) is 11.3 Å². The van der Waals surface area contributed by atoms with Crippen molar-refractivity contribution in [3.05, 3.63) is 38.9 Å². The van der Waals surface area contributed by atoms with E-state index in [1.165, 1.54) is 4.88 Å². The lowest BCUT2D eigenvalue weighted by molar-refractivity contribution is 0.860. The maximum absolute atomic E-state index is 4.35. The van der Waals surface area contributed by atoms with Crippen molar-refractivity contribution in [2.45, 2.75) is 19.9 Å². The molecule has 16 heavy (non-hydrogen) atoms. The van der Waals surface area contributed by atoms with E-state index in [4.69, 9.17) is 0 Å². The van der Waals surface area contributed by atoms with Crippen LogP contribution in [-0.2, 0) is 0 Å². The normalized spacial score (nSPS) is 12.4. The fourth-order valence-electron chi connectivity index (χ4n) is 1.32. The Bertz CT molecular complexity index is 466. The average molecular weight is 298 g/mol. The van der Waals surface area contributed by atoms with E-state index in [2.05, 4.69) is 45.1 Å². The molecule has 0 fully saturated rings. The van der Waals surface area contributed by atoms with Crippen LogP contribution in [0, 0.1) is 6.92 Å². The first kappa shape index (κ1) is 11.5. The van der Waals surface area contributed by atoms with Crippen LogP contribution in [0.25, 0.3) is 0 Å². The zero-order valence-corrected chi connectivity index (χ0v) is 11.5. The van der Waals surface area contributed by atoms with Gasteiger partial charge >= 0.3 is 0 Å². The summed E-state index contributed by atoms with van der Waals surface area (Å²) in [6.45, 7) is 4.15. The maximum Gasteiger partial charge on any atom is 0.126 e. The molecular formula is C11H12BrN3S. The van der Waals surface area contributed by atoms with E-state index in [1.54, 1.807) is 17.5 Å². The van der Waals surface area contributed by atoms with Crippen LogP contribution in [-0.4, -0.2) is 9.97 Å². The molecule has 0 radical (unpaired) electrons. The first-order valence-electron chi connectivity index (χ1n) is 4.95. The van der Waals surface area contributed by atoms with E-state index in [1.807, 2.05) is 18.3 Å². The number of thiazole rings is 1. The number of halogens is 1. The molecular weight excluding hydrogens is 286 g/mol. The summed E-state index contributed by atoms with van der Waals surface area (Å²) in [6.07, 6.45) is 3.68. The number of aryl methyl sites for hydroxylation is 1. The fraction of sp³-hybridized carbons (Fsp3) is 0.273. The van der Waals surface area contributed by atoms with Crippen molar-refractivity contribution in [2.75, 3.05) is 5.32 Å². The molecule has 0 saturated carbocycles. The van der Waals surface area contributed by atoms with Gasteiger partial charge in [0.05, 0.1) is 6.04 Å². The number of nitrogens with one attached hydrogen (secondary N) is 1. The highest BCUT2D eigenvalue weighted by Crippen LogP contribution is 2.22. The van der Waals surface area contributed by atoms with Crippen molar-refractivity contribution in [3.63, 3.8) is 0 Å². The second kappa shape index (κ2) is 4.93. The Labute approximate surface area is 107 Å². The first-order chi connectivity index (χ1) is 7.65. The van der Waals surface area contributed by atoms with E-state index in [-0.39, 0.29) is 6.04 Å². The summed E-state index contributed by atoms with van der Waals surface area (Å²) in [5, 5.41) is 4.40. The first-order valence-corrected chi connectivity index (χ1v) is 6.56. The zero-order valence-electron chi connectivity index (χ0n) is 9.07. The lowest BCUT2D eigenvalue weighted by Crippen LogP contribution is -2.07. The molecule has 0 aromatic carbocycles. The highest BCUT2D eigenvalue weighted by molar-refractivity contribution is 9.10. The lowest BCUT2D eigenvalue weighted by Gasteiger charge is -2.11. The molecule has 1 atom stereocenters. The van der Waals surface area contributed by atoms with E-state index in [0.29, 0.717) is 0 Å².